The molecule has 0 amide bonds. The number of methoxy groups -OCH3 is 2. The van der Waals surface area contributed by atoms with Crippen molar-refractivity contribution < 1.29 is 23.9 Å². The van der Waals surface area contributed by atoms with Gasteiger partial charge in [0.05, 0.1) is 25.3 Å². The molecule has 0 aliphatic carbocycles. The number of esters is 2. The SMILES string of the molecule is COC(=O)c1ccc(/C=C/C(=O)/C=C/c2ccc(C(=O)OC)cc2)cc1. The van der Waals surface area contributed by atoms with Gasteiger partial charge in [-0.1, -0.05) is 36.4 Å². The van der Waals surface area contributed by atoms with Crippen LogP contribution in [0.5, 0.6) is 0 Å². The first-order valence-electron chi connectivity index (χ1n) is 7.80. The molecular formula is C21H18O5. The van der Waals surface area contributed by atoms with Gasteiger partial charge in [-0.3, -0.25) is 4.79 Å². The van der Waals surface area contributed by atoms with E-state index in [0.717, 1.165) is 11.1 Å². The van der Waals surface area contributed by atoms with E-state index in [1.807, 2.05) is 0 Å². The Hall–Kier alpha value is -3.47. The van der Waals surface area contributed by atoms with E-state index in [-0.39, 0.29) is 5.78 Å². The smallest absolute Gasteiger partial charge is 0.337 e. The van der Waals surface area contributed by atoms with Gasteiger partial charge in [0.15, 0.2) is 5.78 Å². The van der Waals surface area contributed by atoms with Crippen LogP contribution in [0.3, 0.4) is 0 Å². The van der Waals surface area contributed by atoms with E-state index >= 15 is 0 Å². The molecule has 0 N–H and O–H groups in total. The van der Waals surface area contributed by atoms with Crippen LogP contribution >= 0.6 is 0 Å². The summed E-state index contributed by atoms with van der Waals surface area (Å²) in [6.07, 6.45) is 6.20. The van der Waals surface area contributed by atoms with Crippen molar-refractivity contribution in [3.05, 3.63) is 82.9 Å². The third-order valence-electron chi connectivity index (χ3n) is 3.54. The van der Waals surface area contributed by atoms with Crippen molar-refractivity contribution in [2.24, 2.45) is 0 Å². The summed E-state index contributed by atoms with van der Waals surface area (Å²) in [5.41, 5.74) is 2.49. The number of hydrogen-bond donors (Lipinski definition) is 0. The van der Waals surface area contributed by atoms with Gasteiger partial charge in [-0.05, 0) is 47.5 Å². The highest BCUT2D eigenvalue weighted by molar-refractivity contribution is 6.04. The second-order valence-corrected chi connectivity index (χ2v) is 5.30. The molecule has 0 aliphatic rings. The lowest BCUT2D eigenvalue weighted by Gasteiger charge is -1.99. The zero-order valence-electron chi connectivity index (χ0n) is 14.5. The van der Waals surface area contributed by atoms with Crippen molar-refractivity contribution in [2.45, 2.75) is 0 Å². The fourth-order valence-corrected chi connectivity index (χ4v) is 2.11. The molecule has 132 valence electrons. The van der Waals surface area contributed by atoms with Gasteiger partial charge in [0.25, 0.3) is 0 Å². The normalized spacial score (nSPS) is 10.8. The Bertz CT molecular complexity index is 771. The third-order valence-corrected chi connectivity index (χ3v) is 3.54. The van der Waals surface area contributed by atoms with E-state index in [9.17, 15) is 14.4 Å². The lowest BCUT2D eigenvalue weighted by Crippen LogP contribution is -2.00. The Morgan fingerprint density at radius 2 is 1.00 bits per heavy atom. The summed E-state index contributed by atoms with van der Waals surface area (Å²) in [4.78, 5) is 34.6. The first kappa shape index (κ1) is 18.9. The lowest BCUT2D eigenvalue weighted by atomic mass is 10.1. The number of rotatable bonds is 6. The average Bonchev–Trinajstić information content (AvgIpc) is 2.70. The molecule has 0 bridgehead atoms. The molecule has 0 heterocycles. The summed E-state index contributed by atoms with van der Waals surface area (Å²) in [7, 11) is 2.65. The van der Waals surface area contributed by atoms with Gasteiger partial charge >= 0.3 is 11.9 Å². The minimum atomic E-state index is -0.405. The predicted molar refractivity (Wildman–Crippen MR) is 98.6 cm³/mol. The van der Waals surface area contributed by atoms with Gasteiger partial charge in [0.2, 0.25) is 0 Å². The Balaban J connectivity index is 1.97. The fourth-order valence-electron chi connectivity index (χ4n) is 2.11. The minimum absolute atomic E-state index is 0.181. The summed E-state index contributed by atoms with van der Waals surface area (Å²) in [6.45, 7) is 0. The molecule has 5 nitrogen and oxygen atoms in total. The first-order valence-corrected chi connectivity index (χ1v) is 7.80. The maximum Gasteiger partial charge on any atom is 0.337 e. The molecule has 2 rings (SSSR count). The Labute approximate surface area is 151 Å². The van der Waals surface area contributed by atoms with Crippen LogP contribution in [0.2, 0.25) is 0 Å². The van der Waals surface area contributed by atoms with Crippen LogP contribution in [0.15, 0.2) is 60.7 Å². The Kier molecular flexibility index (Phi) is 6.62. The molecule has 2 aromatic rings. The highest BCUT2D eigenvalue weighted by atomic mass is 16.5. The van der Waals surface area contributed by atoms with Gasteiger partial charge < -0.3 is 9.47 Å². The monoisotopic (exact) mass is 350 g/mol. The largest absolute Gasteiger partial charge is 0.465 e. The maximum absolute atomic E-state index is 11.9. The van der Waals surface area contributed by atoms with Crippen molar-refractivity contribution in [3.8, 4) is 0 Å². The lowest BCUT2D eigenvalue weighted by molar-refractivity contribution is -0.110. The van der Waals surface area contributed by atoms with Crippen LogP contribution in [-0.4, -0.2) is 31.9 Å². The molecule has 0 aliphatic heterocycles. The second kappa shape index (κ2) is 9.13. The van der Waals surface area contributed by atoms with Crippen LogP contribution in [0.1, 0.15) is 31.8 Å². The summed E-state index contributed by atoms with van der Waals surface area (Å²) in [5.74, 6) is -0.991. The molecule has 0 unspecified atom stereocenters. The van der Waals surface area contributed by atoms with Crippen molar-refractivity contribution in [3.63, 3.8) is 0 Å². The molecule has 0 saturated carbocycles. The molecule has 26 heavy (non-hydrogen) atoms. The van der Waals surface area contributed by atoms with Crippen LogP contribution in [0, 0.1) is 0 Å². The molecule has 5 heteroatoms. The van der Waals surface area contributed by atoms with Crippen molar-refractivity contribution in [1.29, 1.82) is 0 Å². The zero-order chi connectivity index (χ0) is 18.9. The van der Waals surface area contributed by atoms with Gasteiger partial charge in [0, 0.05) is 0 Å². The number of ketones is 1. The van der Waals surface area contributed by atoms with E-state index in [1.165, 1.54) is 26.4 Å². The molecule has 0 spiro atoms. The minimum Gasteiger partial charge on any atom is -0.465 e. The molecule has 2 aromatic carbocycles. The second-order valence-electron chi connectivity index (χ2n) is 5.30. The highest BCUT2D eigenvalue weighted by Crippen LogP contribution is 2.09. The molecular weight excluding hydrogens is 332 g/mol. The van der Waals surface area contributed by atoms with Crippen LogP contribution in [0.4, 0.5) is 0 Å². The van der Waals surface area contributed by atoms with E-state index in [1.54, 1.807) is 60.7 Å². The van der Waals surface area contributed by atoms with Crippen LogP contribution in [0.25, 0.3) is 12.2 Å². The topological polar surface area (TPSA) is 69.7 Å². The molecule has 0 atom stereocenters. The number of allylic oxidation sites excluding steroid dienone is 2. The molecule has 0 saturated heterocycles. The van der Waals surface area contributed by atoms with Crippen molar-refractivity contribution >= 4 is 29.9 Å². The number of carbonyl (C=O) groups is 3. The van der Waals surface area contributed by atoms with Gasteiger partial charge in [0.1, 0.15) is 0 Å². The molecule has 0 radical (unpaired) electrons. The summed E-state index contributed by atoms with van der Waals surface area (Å²) in [6, 6.07) is 13.4. The fraction of sp³-hybridized carbons (Fsp3) is 0.0952. The number of hydrogen-bond acceptors (Lipinski definition) is 5. The van der Waals surface area contributed by atoms with E-state index in [4.69, 9.17) is 0 Å². The molecule has 0 aromatic heterocycles. The molecule has 0 fully saturated rings. The Morgan fingerprint density at radius 3 is 1.31 bits per heavy atom. The van der Waals surface area contributed by atoms with Gasteiger partial charge in [-0.25, -0.2) is 9.59 Å². The van der Waals surface area contributed by atoms with Gasteiger partial charge in [-0.2, -0.15) is 0 Å². The van der Waals surface area contributed by atoms with E-state index < -0.39 is 11.9 Å². The summed E-state index contributed by atoms with van der Waals surface area (Å²) < 4.78 is 9.26. The zero-order valence-corrected chi connectivity index (χ0v) is 14.5. The van der Waals surface area contributed by atoms with Gasteiger partial charge in [-0.15, -0.1) is 0 Å². The predicted octanol–water partition coefficient (Wildman–Crippen LogP) is 3.56. The quantitative estimate of drug-likeness (QED) is 0.588. The first-order chi connectivity index (χ1) is 12.5. The van der Waals surface area contributed by atoms with E-state index in [2.05, 4.69) is 9.47 Å². The number of ether oxygens (including phenoxy) is 2. The number of carbonyl (C=O) groups excluding carboxylic acids is 3. The average molecular weight is 350 g/mol. The maximum atomic E-state index is 11.9. The summed E-state index contributed by atoms with van der Waals surface area (Å²) in [5, 5.41) is 0. The van der Waals surface area contributed by atoms with E-state index in [0.29, 0.717) is 11.1 Å². The van der Waals surface area contributed by atoms with Crippen LogP contribution in [-0.2, 0) is 14.3 Å². The van der Waals surface area contributed by atoms with Crippen LogP contribution < -0.4 is 0 Å². The standard InChI is InChI=1S/C21H18O5/c1-25-20(23)17-9-3-15(4-10-17)7-13-19(22)14-8-16-5-11-18(12-6-16)21(24)26-2/h3-14H,1-2H3/b13-7+,14-8+. The summed E-state index contributed by atoms with van der Waals surface area (Å²) >= 11 is 0. The van der Waals surface area contributed by atoms with Crippen molar-refractivity contribution in [1.82, 2.24) is 0 Å². The van der Waals surface area contributed by atoms with Crippen molar-refractivity contribution in [2.75, 3.05) is 14.2 Å². The number of benzene rings is 2. The third kappa shape index (κ3) is 5.27. The highest BCUT2D eigenvalue weighted by Gasteiger charge is 2.04. The Morgan fingerprint density at radius 1 is 0.654 bits per heavy atom.